The molecule has 5 rings (SSSR count). The normalized spacial score (nSPS) is 14.4. The summed E-state index contributed by atoms with van der Waals surface area (Å²) in [6, 6.07) is 9.73. The zero-order valence-corrected chi connectivity index (χ0v) is 18.7. The molecule has 10 nitrogen and oxygen atoms in total. The Labute approximate surface area is 186 Å². The van der Waals surface area contributed by atoms with Crippen LogP contribution in [-0.4, -0.2) is 71.6 Å². The van der Waals surface area contributed by atoms with Gasteiger partial charge in [0.1, 0.15) is 12.1 Å². The Morgan fingerprint density at radius 2 is 1.90 bits per heavy atom. The van der Waals surface area contributed by atoms with Crippen molar-refractivity contribution in [3.8, 4) is 5.69 Å². The lowest BCUT2D eigenvalue weighted by atomic mass is 10.2. The molecule has 0 radical (unpaired) electrons. The molecular formula is C20H20BrN9O. The number of halogens is 1. The molecule has 0 spiro atoms. The SMILES string of the molecule is Cc1cc(N2CCN(C(=O)c3nnn(-c4cccc(Br)c4)c3C)CC2)n2ncnc2n1. The summed E-state index contributed by atoms with van der Waals surface area (Å²) >= 11 is 3.47. The van der Waals surface area contributed by atoms with Crippen LogP contribution in [0.2, 0.25) is 0 Å². The maximum Gasteiger partial charge on any atom is 0.276 e. The molecule has 4 heterocycles. The summed E-state index contributed by atoms with van der Waals surface area (Å²) in [6.07, 6.45) is 1.50. The van der Waals surface area contributed by atoms with Crippen molar-refractivity contribution in [2.24, 2.45) is 0 Å². The second-order valence-corrected chi connectivity index (χ2v) is 8.34. The minimum absolute atomic E-state index is 0.102. The average molecular weight is 482 g/mol. The number of hydrogen-bond acceptors (Lipinski definition) is 7. The molecule has 31 heavy (non-hydrogen) atoms. The van der Waals surface area contributed by atoms with Gasteiger partial charge in [-0.1, -0.05) is 27.2 Å². The van der Waals surface area contributed by atoms with Crippen molar-refractivity contribution in [3.63, 3.8) is 0 Å². The van der Waals surface area contributed by atoms with Crippen molar-refractivity contribution in [2.75, 3.05) is 31.1 Å². The molecule has 0 N–H and O–H groups in total. The molecule has 1 aliphatic heterocycles. The molecular weight excluding hydrogens is 462 g/mol. The molecule has 1 amide bonds. The summed E-state index contributed by atoms with van der Waals surface area (Å²) < 4.78 is 4.37. The Morgan fingerprint density at radius 1 is 1.10 bits per heavy atom. The molecule has 0 aliphatic carbocycles. The van der Waals surface area contributed by atoms with Gasteiger partial charge in [0, 0.05) is 42.4 Å². The number of piperazine rings is 1. The van der Waals surface area contributed by atoms with Gasteiger partial charge in [0.15, 0.2) is 5.69 Å². The average Bonchev–Trinajstić information content (AvgIpc) is 3.39. The van der Waals surface area contributed by atoms with Gasteiger partial charge in [-0.15, -0.1) is 5.10 Å². The van der Waals surface area contributed by atoms with E-state index in [-0.39, 0.29) is 5.91 Å². The number of anilines is 1. The molecule has 1 saturated heterocycles. The Morgan fingerprint density at radius 3 is 2.68 bits per heavy atom. The van der Waals surface area contributed by atoms with E-state index < -0.39 is 0 Å². The van der Waals surface area contributed by atoms with Crippen LogP contribution < -0.4 is 4.90 Å². The van der Waals surface area contributed by atoms with Crippen LogP contribution in [0.15, 0.2) is 41.1 Å². The van der Waals surface area contributed by atoms with Gasteiger partial charge in [-0.2, -0.15) is 14.6 Å². The maximum atomic E-state index is 13.1. The standard InChI is InChI=1S/C20H20BrN9O/c1-13-10-17(30-20(24-13)22-12-23-30)27-6-8-28(9-7-27)19(31)18-14(2)29(26-25-18)16-5-3-4-15(21)11-16/h3-5,10-12H,6-9H2,1-2H3. The zero-order valence-electron chi connectivity index (χ0n) is 17.1. The molecule has 1 aromatic carbocycles. The molecule has 0 saturated carbocycles. The van der Waals surface area contributed by atoms with Crippen LogP contribution in [0.1, 0.15) is 21.9 Å². The lowest BCUT2D eigenvalue weighted by Crippen LogP contribution is -2.49. The molecule has 3 aromatic heterocycles. The van der Waals surface area contributed by atoms with E-state index in [1.54, 1.807) is 9.20 Å². The summed E-state index contributed by atoms with van der Waals surface area (Å²) in [4.78, 5) is 25.8. The molecule has 0 unspecified atom stereocenters. The largest absolute Gasteiger partial charge is 0.353 e. The van der Waals surface area contributed by atoms with Gasteiger partial charge in [0.2, 0.25) is 0 Å². The van der Waals surface area contributed by atoms with Crippen molar-refractivity contribution < 1.29 is 4.79 Å². The van der Waals surface area contributed by atoms with Gasteiger partial charge in [0.05, 0.1) is 11.4 Å². The first-order chi connectivity index (χ1) is 15.0. The zero-order chi connectivity index (χ0) is 21.5. The number of carbonyl (C=O) groups excluding carboxylic acids is 1. The van der Waals surface area contributed by atoms with E-state index in [2.05, 4.69) is 46.2 Å². The summed E-state index contributed by atoms with van der Waals surface area (Å²) in [6.45, 7) is 6.34. The van der Waals surface area contributed by atoms with Gasteiger partial charge in [-0.25, -0.2) is 9.67 Å². The van der Waals surface area contributed by atoms with E-state index >= 15 is 0 Å². The number of aryl methyl sites for hydroxylation is 1. The number of amides is 1. The smallest absolute Gasteiger partial charge is 0.276 e. The van der Waals surface area contributed by atoms with Crippen LogP contribution in [-0.2, 0) is 0 Å². The van der Waals surface area contributed by atoms with Crippen molar-refractivity contribution >= 4 is 33.4 Å². The third-order valence-corrected chi connectivity index (χ3v) is 5.90. The predicted molar refractivity (Wildman–Crippen MR) is 117 cm³/mol. The quantitative estimate of drug-likeness (QED) is 0.441. The van der Waals surface area contributed by atoms with Gasteiger partial charge < -0.3 is 9.80 Å². The fraction of sp³-hybridized carbons (Fsp3) is 0.300. The van der Waals surface area contributed by atoms with Crippen LogP contribution in [0.5, 0.6) is 0 Å². The number of fused-ring (bicyclic) bond motifs is 1. The van der Waals surface area contributed by atoms with Crippen molar-refractivity contribution in [1.82, 2.24) is 39.5 Å². The first-order valence-corrected chi connectivity index (χ1v) is 10.7. The Hall–Kier alpha value is -3.34. The predicted octanol–water partition coefficient (Wildman–Crippen LogP) is 2.05. The van der Waals surface area contributed by atoms with Crippen LogP contribution in [0.25, 0.3) is 11.5 Å². The number of hydrogen-bond donors (Lipinski definition) is 0. The number of rotatable bonds is 3. The molecule has 4 aromatic rings. The summed E-state index contributed by atoms with van der Waals surface area (Å²) in [5, 5.41) is 12.7. The highest BCUT2D eigenvalue weighted by atomic mass is 79.9. The fourth-order valence-corrected chi connectivity index (χ4v) is 4.19. The lowest BCUT2D eigenvalue weighted by Gasteiger charge is -2.35. The van der Waals surface area contributed by atoms with Crippen LogP contribution >= 0.6 is 15.9 Å². The minimum Gasteiger partial charge on any atom is -0.353 e. The molecule has 1 aliphatic rings. The van der Waals surface area contributed by atoms with Gasteiger partial charge in [0.25, 0.3) is 11.7 Å². The summed E-state index contributed by atoms with van der Waals surface area (Å²) in [7, 11) is 0. The van der Waals surface area contributed by atoms with E-state index in [1.807, 2.05) is 49.1 Å². The van der Waals surface area contributed by atoms with Gasteiger partial charge in [-0.3, -0.25) is 4.79 Å². The van der Waals surface area contributed by atoms with Crippen LogP contribution in [0.3, 0.4) is 0 Å². The second kappa shape index (κ2) is 7.73. The van der Waals surface area contributed by atoms with E-state index in [1.165, 1.54) is 6.33 Å². The Balaban J connectivity index is 1.33. The molecule has 1 fully saturated rings. The Bertz CT molecular complexity index is 1270. The van der Waals surface area contributed by atoms with Crippen LogP contribution in [0, 0.1) is 13.8 Å². The first-order valence-electron chi connectivity index (χ1n) is 9.91. The first kappa shape index (κ1) is 19.6. The highest BCUT2D eigenvalue weighted by Crippen LogP contribution is 2.21. The van der Waals surface area contributed by atoms with Crippen molar-refractivity contribution in [3.05, 3.63) is 58.2 Å². The van der Waals surface area contributed by atoms with Gasteiger partial charge in [-0.05, 0) is 32.0 Å². The molecule has 0 bridgehead atoms. The van der Waals surface area contributed by atoms with Crippen molar-refractivity contribution in [1.29, 1.82) is 0 Å². The molecule has 158 valence electrons. The second-order valence-electron chi connectivity index (χ2n) is 7.42. The summed E-state index contributed by atoms with van der Waals surface area (Å²) in [5.41, 5.74) is 2.84. The number of aromatic nitrogens is 7. The highest BCUT2D eigenvalue weighted by molar-refractivity contribution is 9.10. The monoisotopic (exact) mass is 481 g/mol. The van der Waals surface area contributed by atoms with E-state index in [0.717, 1.165) is 27.4 Å². The Kier molecular flexibility index (Phi) is 4.89. The maximum absolute atomic E-state index is 13.1. The minimum atomic E-state index is -0.102. The van der Waals surface area contributed by atoms with E-state index in [4.69, 9.17) is 0 Å². The van der Waals surface area contributed by atoms with E-state index in [9.17, 15) is 4.79 Å². The third-order valence-electron chi connectivity index (χ3n) is 5.40. The van der Waals surface area contributed by atoms with Crippen LogP contribution in [0.4, 0.5) is 5.82 Å². The lowest BCUT2D eigenvalue weighted by molar-refractivity contribution is 0.0739. The van der Waals surface area contributed by atoms with E-state index in [0.29, 0.717) is 37.7 Å². The molecule has 11 heteroatoms. The topological polar surface area (TPSA) is 97.3 Å². The number of carbonyl (C=O) groups is 1. The highest BCUT2D eigenvalue weighted by Gasteiger charge is 2.27. The molecule has 0 atom stereocenters. The van der Waals surface area contributed by atoms with Crippen molar-refractivity contribution in [2.45, 2.75) is 13.8 Å². The fourth-order valence-electron chi connectivity index (χ4n) is 3.80. The third kappa shape index (κ3) is 3.54. The number of nitrogens with zero attached hydrogens (tertiary/aromatic N) is 9. The van der Waals surface area contributed by atoms with Gasteiger partial charge >= 0.3 is 0 Å². The number of benzene rings is 1. The summed E-state index contributed by atoms with van der Waals surface area (Å²) in [5.74, 6) is 1.41.